The smallest absolute Gasteiger partial charge is 0.296 e. The zero-order chi connectivity index (χ0) is 14.1. The Labute approximate surface area is 117 Å². The molecule has 2 aliphatic heterocycles. The fraction of sp³-hybridized carbons (Fsp3) is 0.571. The molecule has 0 amide bonds. The van der Waals surface area contributed by atoms with Gasteiger partial charge in [0.1, 0.15) is 11.4 Å². The van der Waals surface area contributed by atoms with Crippen LogP contribution in [0.4, 0.5) is 11.4 Å². The maximum Gasteiger partial charge on any atom is 0.296 e. The molecule has 2 saturated heterocycles. The van der Waals surface area contributed by atoms with Crippen molar-refractivity contribution in [2.45, 2.75) is 18.9 Å². The third kappa shape index (κ3) is 2.31. The molecule has 0 aliphatic carbocycles. The van der Waals surface area contributed by atoms with Crippen molar-refractivity contribution in [2.24, 2.45) is 5.92 Å². The van der Waals surface area contributed by atoms with Crippen molar-refractivity contribution in [3.8, 4) is 5.75 Å². The second-order valence-corrected chi connectivity index (χ2v) is 5.48. The molecule has 0 spiro atoms. The summed E-state index contributed by atoms with van der Waals surface area (Å²) in [5, 5.41) is 14.8. The number of anilines is 1. The van der Waals surface area contributed by atoms with Gasteiger partial charge in [-0.15, -0.1) is 0 Å². The topological polar surface area (TPSA) is 67.6 Å². The standard InChI is InChI=1S/C14H19N3O3/c1-20-11-4-5-13(14(7-11)17(18)19)16-8-10-3-2-6-15-12(10)9-16/h4-5,7,10,12,15H,2-3,6,8-9H2,1H3. The van der Waals surface area contributed by atoms with E-state index in [1.807, 2.05) is 0 Å². The summed E-state index contributed by atoms with van der Waals surface area (Å²) in [5.74, 6) is 1.13. The summed E-state index contributed by atoms with van der Waals surface area (Å²) in [5.41, 5.74) is 0.829. The van der Waals surface area contributed by atoms with E-state index in [4.69, 9.17) is 4.74 Å². The van der Waals surface area contributed by atoms with Crippen molar-refractivity contribution in [3.63, 3.8) is 0 Å². The zero-order valence-electron chi connectivity index (χ0n) is 11.5. The largest absolute Gasteiger partial charge is 0.496 e. The number of hydrogen-bond donors (Lipinski definition) is 1. The summed E-state index contributed by atoms with van der Waals surface area (Å²) in [6, 6.07) is 5.56. The quantitative estimate of drug-likeness (QED) is 0.674. The van der Waals surface area contributed by atoms with Gasteiger partial charge in [-0.2, -0.15) is 0 Å². The van der Waals surface area contributed by atoms with Crippen LogP contribution in [0, 0.1) is 16.0 Å². The van der Waals surface area contributed by atoms with E-state index < -0.39 is 0 Å². The number of fused-ring (bicyclic) bond motifs is 1. The van der Waals surface area contributed by atoms with Crippen molar-refractivity contribution in [3.05, 3.63) is 28.3 Å². The Morgan fingerprint density at radius 3 is 3.00 bits per heavy atom. The lowest BCUT2D eigenvalue weighted by Gasteiger charge is -2.24. The summed E-state index contributed by atoms with van der Waals surface area (Å²) >= 11 is 0. The molecule has 0 bridgehead atoms. The molecule has 0 saturated carbocycles. The van der Waals surface area contributed by atoms with Gasteiger partial charge in [0, 0.05) is 19.1 Å². The van der Waals surface area contributed by atoms with Gasteiger partial charge in [-0.1, -0.05) is 0 Å². The molecule has 20 heavy (non-hydrogen) atoms. The number of nitrogens with one attached hydrogen (secondary N) is 1. The number of benzene rings is 1. The second kappa shape index (κ2) is 5.28. The molecular formula is C14H19N3O3. The highest BCUT2D eigenvalue weighted by molar-refractivity contribution is 5.66. The van der Waals surface area contributed by atoms with Crippen molar-refractivity contribution in [2.75, 3.05) is 31.6 Å². The number of piperidine rings is 1. The van der Waals surface area contributed by atoms with Crippen LogP contribution >= 0.6 is 0 Å². The minimum absolute atomic E-state index is 0.128. The summed E-state index contributed by atoms with van der Waals surface area (Å²) in [7, 11) is 1.52. The van der Waals surface area contributed by atoms with Gasteiger partial charge in [-0.25, -0.2) is 0 Å². The normalized spacial score (nSPS) is 25.4. The van der Waals surface area contributed by atoms with Crippen LogP contribution in [0.15, 0.2) is 18.2 Å². The van der Waals surface area contributed by atoms with E-state index in [2.05, 4.69) is 10.2 Å². The number of ether oxygens (including phenoxy) is 1. The van der Waals surface area contributed by atoms with Crippen molar-refractivity contribution >= 4 is 11.4 Å². The molecule has 2 heterocycles. The molecule has 2 aliphatic rings. The summed E-state index contributed by atoms with van der Waals surface area (Å²) in [6.45, 7) is 2.79. The summed E-state index contributed by atoms with van der Waals surface area (Å²) < 4.78 is 5.08. The van der Waals surface area contributed by atoms with Crippen LogP contribution < -0.4 is 15.0 Å². The third-order valence-electron chi connectivity index (χ3n) is 4.32. The number of rotatable bonds is 3. The average molecular weight is 277 g/mol. The Morgan fingerprint density at radius 1 is 1.45 bits per heavy atom. The molecule has 0 radical (unpaired) electrons. The van der Waals surface area contributed by atoms with E-state index in [1.165, 1.54) is 26.0 Å². The van der Waals surface area contributed by atoms with Crippen LogP contribution in [0.1, 0.15) is 12.8 Å². The molecule has 0 aromatic heterocycles. The van der Waals surface area contributed by atoms with Crippen molar-refractivity contribution in [1.29, 1.82) is 0 Å². The molecule has 1 aromatic rings. The Balaban J connectivity index is 1.88. The molecule has 1 N–H and O–H groups in total. The molecule has 6 nitrogen and oxygen atoms in total. The number of methoxy groups -OCH3 is 1. The Hall–Kier alpha value is -1.82. The molecule has 1 aromatic carbocycles. The average Bonchev–Trinajstić information content (AvgIpc) is 2.90. The molecule has 2 atom stereocenters. The van der Waals surface area contributed by atoms with Crippen LogP contribution in [0.25, 0.3) is 0 Å². The summed E-state index contributed by atoms with van der Waals surface area (Å²) in [6.07, 6.45) is 2.40. The predicted molar refractivity (Wildman–Crippen MR) is 76.4 cm³/mol. The first-order valence-electron chi connectivity index (χ1n) is 7.00. The third-order valence-corrected chi connectivity index (χ3v) is 4.32. The van der Waals surface area contributed by atoms with E-state index in [1.54, 1.807) is 12.1 Å². The lowest BCUT2D eigenvalue weighted by Crippen LogP contribution is -2.40. The highest BCUT2D eigenvalue weighted by Crippen LogP contribution is 2.36. The van der Waals surface area contributed by atoms with Crippen LogP contribution in [-0.4, -0.2) is 37.7 Å². The van der Waals surface area contributed by atoms with Gasteiger partial charge in [0.05, 0.1) is 18.1 Å². The molecule has 3 rings (SSSR count). The SMILES string of the molecule is COc1ccc(N2CC3CCCNC3C2)c([N+](=O)[O-])c1. The monoisotopic (exact) mass is 277 g/mol. The number of nitrogens with zero attached hydrogens (tertiary/aromatic N) is 2. The Bertz CT molecular complexity index is 506. The lowest BCUT2D eigenvalue weighted by molar-refractivity contribution is -0.384. The fourth-order valence-corrected chi connectivity index (χ4v) is 3.29. The Kier molecular flexibility index (Phi) is 3.48. The Morgan fingerprint density at radius 2 is 2.30 bits per heavy atom. The lowest BCUT2D eigenvalue weighted by atomic mass is 9.94. The first-order valence-corrected chi connectivity index (χ1v) is 7.00. The van der Waals surface area contributed by atoms with Gasteiger partial charge in [0.2, 0.25) is 0 Å². The molecular weight excluding hydrogens is 258 g/mol. The first-order chi connectivity index (χ1) is 9.69. The van der Waals surface area contributed by atoms with Crippen molar-refractivity contribution in [1.82, 2.24) is 5.32 Å². The first kappa shape index (κ1) is 13.2. The summed E-state index contributed by atoms with van der Waals surface area (Å²) in [4.78, 5) is 13.1. The van der Waals surface area contributed by atoms with Gasteiger partial charge in [-0.3, -0.25) is 10.1 Å². The minimum atomic E-state index is -0.326. The van der Waals surface area contributed by atoms with Gasteiger partial charge in [0.25, 0.3) is 5.69 Å². The number of nitro benzene ring substituents is 1. The van der Waals surface area contributed by atoms with Gasteiger partial charge in [-0.05, 0) is 37.4 Å². The second-order valence-electron chi connectivity index (χ2n) is 5.48. The number of nitro groups is 1. The van der Waals surface area contributed by atoms with Gasteiger partial charge >= 0.3 is 0 Å². The number of hydrogen-bond acceptors (Lipinski definition) is 5. The van der Waals surface area contributed by atoms with Crippen LogP contribution in [0.5, 0.6) is 5.75 Å². The predicted octanol–water partition coefficient (Wildman–Crippen LogP) is 1.79. The maximum absolute atomic E-state index is 11.3. The zero-order valence-corrected chi connectivity index (χ0v) is 11.5. The minimum Gasteiger partial charge on any atom is -0.496 e. The van der Waals surface area contributed by atoms with Crippen LogP contribution in [-0.2, 0) is 0 Å². The molecule has 6 heteroatoms. The van der Waals surface area contributed by atoms with Crippen LogP contribution in [0.2, 0.25) is 0 Å². The molecule has 2 unspecified atom stereocenters. The van der Waals surface area contributed by atoms with Gasteiger partial charge < -0.3 is 15.0 Å². The molecule has 108 valence electrons. The van der Waals surface area contributed by atoms with E-state index in [9.17, 15) is 10.1 Å². The van der Waals surface area contributed by atoms with Crippen LogP contribution in [0.3, 0.4) is 0 Å². The van der Waals surface area contributed by atoms with Gasteiger partial charge in [0.15, 0.2) is 0 Å². The highest BCUT2D eigenvalue weighted by atomic mass is 16.6. The molecule has 2 fully saturated rings. The van der Waals surface area contributed by atoms with E-state index in [0.717, 1.165) is 19.6 Å². The van der Waals surface area contributed by atoms with Crippen molar-refractivity contribution < 1.29 is 9.66 Å². The van der Waals surface area contributed by atoms with E-state index in [-0.39, 0.29) is 10.6 Å². The van der Waals surface area contributed by atoms with E-state index >= 15 is 0 Å². The highest BCUT2D eigenvalue weighted by Gasteiger charge is 2.36. The fourth-order valence-electron chi connectivity index (χ4n) is 3.29. The maximum atomic E-state index is 11.3. The van der Waals surface area contributed by atoms with E-state index in [0.29, 0.717) is 23.4 Å².